The lowest BCUT2D eigenvalue weighted by Crippen LogP contribution is -2.28. The van der Waals surface area contributed by atoms with E-state index in [1.807, 2.05) is 0 Å². The van der Waals surface area contributed by atoms with E-state index in [9.17, 15) is 9.59 Å². The van der Waals surface area contributed by atoms with Crippen molar-refractivity contribution in [2.24, 2.45) is 5.92 Å². The molecule has 1 atom stereocenters. The topological polar surface area (TPSA) is 81.0 Å². The molecule has 0 aliphatic carbocycles. The highest BCUT2D eigenvalue weighted by atomic mass is 35.5. The molecular formula is C19H19ClN2O5. The minimum atomic E-state index is -0.445. The number of nitrogens with zero attached hydrogens (tertiary/aromatic N) is 1. The molecule has 2 amide bonds. The number of fused-ring (bicyclic) bond motifs is 1. The van der Waals surface area contributed by atoms with Gasteiger partial charge >= 0.3 is 0 Å². The van der Waals surface area contributed by atoms with E-state index in [1.54, 1.807) is 35.4 Å². The standard InChI is InChI=1S/C19H19ClN2O5/c20-14-8-16-17(27-6-2-5-26-16)9-15(14)21-19(24)12-7-18(23)22(10-12)11-13-3-1-4-25-13/h1,3-4,8-9,12H,2,5-7,10-11H2,(H,21,24). The number of carbonyl (C=O) groups is 2. The minimum Gasteiger partial charge on any atom is -0.490 e. The maximum atomic E-state index is 12.7. The van der Waals surface area contributed by atoms with E-state index < -0.39 is 5.92 Å². The Labute approximate surface area is 161 Å². The van der Waals surface area contributed by atoms with Crippen molar-refractivity contribution in [3.63, 3.8) is 0 Å². The summed E-state index contributed by atoms with van der Waals surface area (Å²) in [7, 11) is 0. The normalized spacial score (nSPS) is 19.1. The van der Waals surface area contributed by atoms with Crippen molar-refractivity contribution in [3.8, 4) is 11.5 Å². The van der Waals surface area contributed by atoms with Crippen LogP contribution in [-0.2, 0) is 16.1 Å². The Bertz CT molecular complexity index is 852. The average molecular weight is 391 g/mol. The zero-order chi connectivity index (χ0) is 18.8. The lowest BCUT2D eigenvalue weighted by atomic mass is 10.1. The summed E-state index contributed by atoms with van der Waals surface area (Å²) in [5.41, 5.74) is 0.447. The van der Waals surface area contributed by atoms with E-state index in [0.717, 1.165) is 6.42 Å². The van der Waals surface area contributed by atoms with Gasteiger partial charge in [0.15, 0.2) is 11.5 Å². The monoisotopic (exact) mass is 390 g/mol. The van der Waals surface area contributed by atoms with E-state index in [-0.39, 0.29) is 18.2 Å². The first kappa shape index (κ1) is 17.7. The summed E-state index contributed by atoms with van der Waals surface area (Å²) < 4.78 is 16.5. The SMILES string of the molecule is O=C(Nc1cc2c(cc1Cl)OCCCO2)C1CC(=O)N(Cc2ccco2)C1. The molecule has 1 aromatic heterocycles. The van der Waals surface area contributed by atoms with E-state index in [2.05, 4.69) is 5.32 Å². The van der Waals surface area contributed by atoms with Gasteiger partial charge in [-0.15, -0.1) is 0 Å². The predicted octanol–water partition coefficient (Wildman–Crippen LogP) is 3.08. The van der Waals surface area contributed by atoms with E-state index >= 15 is 0 Å². The molecule has 0 saturated carbocycles. The zero-order valence-corrected chi connectivity index (χ0v) is 15.3. The molecule has 2 aromatic rings. The molecule has 8 heteroatoms. The number of halogens is 1. The third kappa shape index (κ3) is 3.88. The Morgan fingerprint density at radius 1 is 1.26 bits per heavy atom. The summed E-state index contributed by atoms with van der Waals surface area (Å²) in [6.07, 6.45) is 2.50. The summed E-state index contributed by atoms with van der Waals surface area (Å²) in [6.45, 7) is 1.81. The van der Waals surface area contributed by atoms with Gasteiger partial charge in [0.05, 0.1) is 42.6 Å². The number of ether oxygens (including phenoxy) is 2. The van der Waals surface area contributed by atoms with E-state index in [1.165, 1.54) is 0 Å². The smallest absolute Gasteiger partial charge is 0.229 e. The Hall–Kier alpha value is -2.67. The van der Waals surface area contributed by atoms with Crippen molar-refractivity contribution in [2.45, 2.75) is 19.4 Å². The summed E-state index contributed by atoms with van der Waals surface area (Å²) in [4.78, 5) is 26.5. The number of benzene rings is 1. The van der Waals surface area contributed by atoms with Crippen LogP contribution in [0.1, 0.15) is 18.6 Å². The number of amides is 2. The van der Waals surface area contributed by atoms with Crippen LogP contribution in [0.2, 0.25) is 5.02 Å². The van der Waals surface area contributed by atoms with Gasteiger partial charge in [-0.2, -0.15) is 0 Å². The van der Waals surface area contributed by atoms with Gasteiger partial charge in [0.2, 0.25) is 11.8 Å². The molecule has 1 saturated heterocycles. The number of hydrogen-bond acceptors (Lipinski definition) is 5. The summed E-state index contributed by atoms with van der Waals surface area (Å²) in [6, 6.07) is 6.88. The highest BCUT2D eigenvalue weighted by molar-refractivity contribution is 6.34. The maximum absolute atomic E-state index is 12.7. The molecular weight excluding hydrogens is 372 g/mol. The van der Waals surface area contributed by atoms with Gasteiger partial charge in [-0.25, -0.2) is 0 Å². The molecule has 142 valence electrons. The van der Waals surface area contributed by atoms with Crippen molar-refractivity contribution >= 4 is 29.1 Å². The molecule has 7 nitrogen and oxygen atoms in total. The highest BCUT2D eigenvalue weighted by Gasteiger charge is 2.35. The van der Waals surface area contributed by atoms with Crippen LogP contribution < -0.4 is 14.8 Å². The molecule has 2 aliphatic heterocycles. The van der Waals surface area contributed by atoms with Gasteiger partial charge in [0.25, 0.3) is 0 Å². The minimum absolute atomic E-state index is 0.0729. The fourth-order valence-electron chi connectivity index (χ4n) is 3.21. The predicted molar refractivity (Wildman–Crippen MR) is 97.9 cm³/mol. The Kier molecular flexibility index (Phi) is 4.94. The molecule has 3 heterocycles. The van der Waals surface area contributed by atoms with Crippen molar-refractivity contribution in [2.75, 3.05) is 25.1 Å². The third-order valence-corrected chi connectivity index (χ3v) is 4.92. The van der Waals surface area contributed by atoms with Gasteiger partial charge < -0.3 is 24.1 Å². The third-order valence-electron chi connectivity index (χ3n) is 4.61. The first-order chi connectivity index (χ1) is 13.1. The average Bonchev–Trinajstić information content (AvgIpc) is 3.22. The van der Waals surface area contributed by atoms with Crippen LogP contribution in [0.15, 0.2) is 34.9 Å². The molecule has 0 radical (unpaired) electrons. The Balaban J connectivity index is 1.43. The van der Waals surface area contributed by atoms with Crippen molar-refractivity contribution in [1.29, 1.82) is 0 Å². The fourth-order valence-corrected chi connectivity index (χ4v) is 3.41. The molecule has 2 aliphatic rings. The van der Waals surface area contributed by atoms with Gasteiger partial charge in [-0.1, -0.05) is 11.6 Å². The van der Waals surface area contributed by atoms with Crippen molar-refractivity contribution in [3.05, 3.63) is 41.3 Å². The Morgan fingerprint density at radius 2 is 2.04 bits per heavy atom. The molecule has 1 fully saturated rings. The first-order valence-corrected chi connectivity index (χ1v) is 9.18. The molecule has 0 bridgehead atoms. The first-order valence-electron chi connectivity index (χ1n) is 8.80. The fraction of sp³-hybridized carbons (Fsp3) is 0.368. The van der Waals surface area contributed by atoms with Crippen LogP contribution in [0.3, 0.4) is 0 Å². The lowest BCUT2D eigenvalue weighted by molar-refractivity contribution is -0.128. The Morgan fingerprint density at radius 3 is 2.78 bits per heavy atom. The molecule has 27 heavy (non-hydrogen) atoms. The summed E-state index contributed by atoms with van der Waals surface area (Å²) >= 11 is 6.28. The van der Waals surface area contributed by atoms with Gasteiger partial charge in [0, 0.05) is 31.5 Å². The molecule has 0 spiro atoms. The number of rotatable bonds is 4. The van der Waals surface area contributed by atoms with Gasteiger partial charge in [-0.3, -0.25) is 9.59 Å². The quantitative estimate of drug-likeness (QED) is 0.867. The number of likely N-dealkylation sites (tertiary alicyclic amines) is 1. The van der Waals surface area contributed by atoms with Crippen LogP contribution in [-0.4, -0.2) is 36.5 Å². The van der Waals surface area contributed by atoms with Gasteiger partial charge in [0.1, 0.15) is 5.76 Å². The van der Waals surface area contributed by atoms with Gasteiger partial charge in [-0.05, 0) is 12.1 Å². The molecule has 4 rings (SSSR count). The number of furan rings is 1. The van der Waals surface area contributed by atoms with Crippen LogP contribution in [0, 0.1) is 5.92 Å². The number of hydrogen-bond donors (Lipinski definition) is 1. The number of anilines is 1. The molecule has 1 aromatic carbocycles. The second-order valence-electron chi connectivity index (χ2n) is 6.57. The van der Waals surface area contributed by atoms with Crippen LogP contribution >= 0.6 is 11.6 Å². The van der Waals surface area contributed by atoms with Crippen LogP contribution in [0.25, 0.3) is 0 Å². The largest absolute Gasteiger partial charge is 0.490 e. The van der Waals surface area contributed by atoms with E-state index in [0.29, 0.717) is 54.3 Å². The second-order valence-corrected chi connectivity index (χ2v) is 6.98. The highest BCUT2D eigenvalue weighted by Crippen LogP contribution is 2.38. The summed E-state index contributed by atoms with van der Waals surface area (Å²) in [5, 5.41) is 3.18. The maximum Gasteiger partial charge on any atom is 0.229 e. The van der Waals surface area contributed by atoms with Crippen LogP contribution in [0.4, 0.5) is 5.69 Å². The van der Waals surface area contributed by atoms with Crippen molar-refractivity contribution in [1.82, 2.24) is 4.90 Å². The zero-order valence-electron chi connectivity index (χ0n) is 14.6. The second kappa shape index (κ2) is 7.52. The van der Waals surface area contributed by atoms with Crippen molar-refractivity contribution < 1.29 is 23.5 Å². The van der Waals surface area contributed by atoms with Crippen LogP contribution in [0.5, 0.6) is 11.5 Å². The molecule has 1 N–H and O–H groups in total. The molecule has 1 unspecified atom stereocenters. The van der Waals surface area contributed by atoms with E-state index in [4.69, 9.17) is 25.5 Å². The lowest BCUT2D eigenvalue weighted by Gasteiger charge is -2.16. The number of nitrogens with one attached hydrogen (secondary N) is 1. The number of carbonyl (C=O) groups excluding carboxylic acids is 2. The summed E-state index contributed by atoms with van der Waals surface area (Å²) in [5.74, 6) is 1.04.